The second kappa shape index (κ2) is 8.52. The monoisotopic (exact) mass is 403 g/mol. The van der Waals surface area contributed by atoms with Crippen LogP contribution in [0.1, 0.15) is 29.8 Å². The maximum Gasteiger partial charge on any atom is 0.339 e. The zero-order chi connectivity index (χ0) is 20.3. The molecule has 0 saturated heterocycles. The first-order valence-corrected chi connectivity index (χ1v) is 9.44. The van der Waals surface area contributed by atoms with Crippen molar-refractivity contribution in [2.45, 2.75) is 26.4 Å². The SMILES string of the molecule is CCOc1c(Cl)cc(C(=O)O[C@H](C)C(=O)N2CCc3ccccc32)cc1OC. The Bertz CT molecular complexity index is 898. The van der Waals surface area contributed by atoms with E-state index in [2.05, 4.69) is 0 Å². The van der Waals surface area contributed by atoms with Crippen molar-refractivity contribution in [3.05, 3.63) is 52.5 Å². The molecule has 7 heteroatoms. The van der Waals surface area contributed by atoms with E-state index in [9.17, 15) is 9.59 Å². The topological polar surface area (TPSA) is 65.1 Å². The van der Waals surface area contributed by atoms with E-state index in [-0.39, 0.29) is 16.5 Å². The minimum Gasteiger partial charge on any atom is -0.493 e. The number of fused-ring (bicyclic) bond motifs is 1. The Labute approximate surface area is 168 Å². The third-order valence-electron chi connectivity index (χ3n) is 4.54. The van der Waals surface area contributed by atoms with E-state index in [1.165, 1.54) is 19.2 Å². The predicted octanol–water partition coefficient (Wildman–Crippen LogP) is 3.88. The number of amides is 1. The fourth-order valence-electron chi connectivity index (χ4n) is 3.19. The van der Waals surface area contributed by atoms with Gasteiger partial charge in [0.2, 0.25) is 0 Å². The largest absolute Gasteiger partial charge is 0.493 e. The molecule has 3 rings (SSSR count). The molecule has 0 bridgehead atoms. The number of esters is 1. The summed E-state index contributed by atoms with van der Waals surface area (Å²) in [5, 5.41) is 0.237. The second-order valence-corrected chi connectivity index (χ2v) is 6.75. The fourth-order valence-corrected chi connectivity index (χ4v) is 3.45. The van der Waals surface area contributed by atoms with E-state index in [0.29, 0.717) is 24.7 Å². The Morgan fingerprint density at radius 1 is 1.25 bits per heavy atom. The maximum absolute atomic E-state index is 12.8. The molecule has 2 aromatic carbocycles. The molecule has 28 heavy (non-hydrogen) atoms. The van der Waals surface area contributed by atoms with Crippen LogP contribution < -0.4 is 14.4 Å². The molecule has 6 nitrogen and oxygen atoms in total. The number of halogens is 1. The summed E-state index contributed by atoms with van der Waals surface area (Å²) < 4.78 is 16.1. The minimum atomic E-state index is -0.935. The maximum atomic E-state index is 12.8. The molecule has 0 N–H and O–H groups in total. The molecule has 1 aliphatic heterocycles. The van der Waals surface area contributed by atoms with Gasteiger partial charge in [-0.15, -0.1) is 0 Å². The number of hydrogen-bond acceptors (Lipinski definition) is 5. The highest BCUT2D eigenvalue weighted by Crippen LogP contribution is 2.36. The number of ether oxygens (including phenoxy) is 3. The van der Waals surface area contributed by atoms with Crippen LogP contribution in [0.25, 0.3) is 0 Å². The van der Waals surface area contributed by atoms with Crippen molar-refractivity contribution in [3.8, 4) is 11.5 Å². The molecule has 1 atom stereocenters. The first-order chi connectivity index (χ1) is 13.5. The molecule has 1 aliphatic rings. The lowest BCUT2D eigenvalue weighted by molar-refractivity contribution is -0.126. The highest BCUT2D eigenvalue weighted by molar-refractivity contribution is 6.32. The van der Waals surface area contributed by atoms with Gasteiger partial charge in [-0.3, -0.25) is 4.79 Å². The van der Waals surface area contributed by atoms with Gasteiger partial charge in [0.1, 0.15) is 0 Å². The van der Waals surface area contributed by atoms with Gasteiger partial charge in [0.15, 0.2) is 17.6 Å². The van der Waals surface area contributed by atoms with Gasteiger partial charge < -0.3 is 19.1 Å². The highest BCUT2D eigenvalue weighted by Gasteiger charge is 2.30. The Hall–Kier alpha value is -2.73. The molecule has 148 valence electrons. The molecule has 0 aliphatic carbocycles. The van der Waals surface area contributed by atoms with E-state index < -0.39 is 12.1 Å². The van der Waals surface area contributed by atoms with Gasteiger partial charge >= 0.3 is 5.97 Å². The highest BCUT2D eigenvalue weighted by atomic mass is 35.5. The molecule has 0 unspecified atom stereocenters. The zero-order valence-corrected chi connectivity index (χ0v) is 16.8. The summed E-state index contributed by atoms with van der Waals surface area (Å²) in [5.74, 6) is -0.228. The van der Waals surface area contributed by atoms with Gasteiger partial charge in [0.05, 0.1) is 24.3 Å². The van der Waals surface area contributed by atoms with Crippen LogP contribution >= 0.6 is 11.6 Å². The van der Waals surface area contributed by atoms with Gasteiger partial charge in [-0.25, -0.2) is 4.79 Å². The number of benzene rings is 2. The average Bonchev–Trinajstić information content (AvgIpc) is 3.12. The van der Waals surface area contributed by atoms with E-state index in [4.69, 9.17) is 25.8 Å². The predicted molar refractivity (Wildman–Crippen MR) is 107 cm³/mol. The van der Waals surface area contributed by atoms with E-state index in [1.54, 1.807) is 11.8 Å². The summed E-state index contributed by atoms with van der Waals surface area (Å²) in [6, 6.07) is 10.6. The smallest absolute Gasteiger partial charge is 0.339 e. The Kier molecular flexibility index (Phi) is 6.09. The van der Waals surface area contributed by atoms with Crippen molar-refractivity contribution in [2.24, 2.45) is 0 Å². The number of carbonyl (C=O) groups excluding carboxylic acids is 2. The van der Waals surface area contributed by atoms with Crippen molar-refractivity contribution in [3.63, 3.8) is 0 Å². The fraction of sp³-hybridized carbons (Fsp3) is 0.333. The molecule has 0 radical (unpaired) electrons. The third kappa shape index (κ3) is 3.92. The molecule has 0 saturated carbocycles. The number of carbonyl (C=O) groups is 2. The quantitative estimate of drug-likeness (QED) is 0.685. The van der Waals surface area contributed by atoms with Gasteiger partial charge in [-0.05, 0) is 44.0 Å². The van der Waals surface area contributed by atoms with Gasteiger partial charge in [-0.2, -0.15) is 0 Å². The van der Waals surface area contributed by atoms with Crippen LogP contribution in [0, 0.1) is 0 Å². The molecule has 0 fully saturated rings. The number of para-hydroxylation sites is 1. The molecule has 2 aromatic rings. The van der Waals surface area contributed by atoms with Crippen LogP contribution in [-0.2, 0) is 16.0 Å². The average molecular weight is 404 g/mol. The number of hydrogen-bond donors (Lipinski definition) is 0. The molecular formula is C21H22ClNO5. The lowest BCUT2D eigenvalue weighted by atomic mass is 10.2. The number of anilines is 1. The Morgan fingerprint density at radius 3 is 2.71 bits per heavy atom. The van der Waals surface area contributed by atoms with Crippen molar-refractivity contribution < 1.29 is 23.8 Å². The lowest BCUT2D eigenvalue weighted by Crippen LogP contribution is -2.39. The van der Waals surface area contributed by atoms with E-state index >= 15 is 0 Å². The van der Waals surface area contributed by atoms with Gasteiger partial charge in [0.25, 0.3) is 5.91 Å². The van der Waals surface area contributed by atoms with Crippen LogP contribution in [0.4, 0.5) is 5.69 Å². The number of nitrogens with zero attached hydrogens (tertiary/aromatic N) is 1. The number of rotatable bonds is 6. The first kappa shape index (κ1) is 20.0. The van der Waals surface area contributed by atoms with Crippen molar-refractivity contribution in [1.82, 2.24) is 0 Å². The van der Waals surface area contributed by atoms with Crippen LogP contribution in [-0.4, -0.2) is 38.2 Å². The van der Waals surface area contributed by atoms with Crippen molar-refractivity contribution in [1.29, 1.82) is 0 Å². The Morgan fingerprint density at radius 2 is 2.00 bits per heavy atom. The normalized spacial score (nSPS) is 13.6. The molecule has 1 heterocycles. The summed E-state index contributed by atoms with van der Waals surface area (Å²) in [6.45, 7) is 4.36. The van der Waals surface area contributed by atoms with Gasteiger partial charge in [-0.1, -0.05) is 29.8 Å². The summed E-state index contributed by atoms with van der Waals surface area (Å²) in [6.07, 6.45) is -0.149. The zero-order valence-electron chi connectivity index (χ0n) is 16.0. The summed E-state index contributed by atoms with van der Waals surface area (Å²) in [5.41, 5.74) is 2.16. The molecule has 0 spiro atoms. The van der Waals surface area contributed by atoms with E-state index in [1.807, 2.05) is 31.2 Å². The summed E-state index contributed by atoms with van der Waals surface area (Å²) in [7, 11) is 1.46. The molecule has 0 aromatic heterocycles. The van der Waals surface area contributed by atoms with Crippen LogP contribution in [0.5, 0.6) is 11.5 Å². The molecular weight excluding hydrogens is 382 g/mol. The number of methoxy groups -OCH3 is 1. The van der Waals surface area contributed by atoms with Crippen LogP contribution in [0.15, 0.2) is 36.4 Å². The minimum absolute atomic E-state index is 0.187. The van der Waals surface area contributed by atoms with Crippen molar-refractivity contribution >= 4 is 29.2 Å². The second-order valence-electron chi connectivity index (χ2n) is 6.34. The van der Waals surface area contributed by atoms with E-state index in [0.717, 1.165) is 17.7 Å². The lowest BCUT2D eigenvalue weighted by Gasteiger charge is -2.22. The van der Waals surface area contributed by atoms with Crippen LogP contribution in [0.2, 0.25) is 5.02 Å². The van der Waals surface area contributed by atoms with Crippen LogP contribution in [0.3, 0.4) is 0 Å². The Balaban J connectivity index is 1.74. The molecule has 1 amide bonds. The van der Waals surface area contributed by atoms with Crippen molar-refractivity contribution in [2.75, 3.05) is 25.2 Å². The summed E-state index contributed by atoms with van der Waals surface area (Å²) >= 11 is 6.21. The third-order valence-corrected chi connectivity index (χ3v) is 4.82. The summed E-state index contributed by atoms with van der Waals surface area (Å²) in [4.78, 5) is 27.0. The standard InChI is InChI=1S/C21H22ClNO5/c1-4-27-19-16(22)11-15(12-18(19)26-3)21(25)28-13(2)20(24)23-10-9-14-7-5-6-8-17(14)23/h5-8,11-13H,4,9-10H2,1-3H3/t13-/m1/s1. The first-order valence-electron chi connectivity index (χ1n) is 9.06. The van der Waals surface area contributed by atoms with Gasteiger partial charge in [0, 0.05) is 12.2 Å².